The summed E-state index contributed by atoms with van der Waals surface area (Å²) in [4.78, 5) is 23.8. The molecule has 0 saturated heterocycles. The van der Waals surface area contributed by atoms with Crippen LogP contribution in [-0.2, 0) is 16.0 Å². The lowest BCUT2D eigenvalue weighted by Gasteiger charge is -2.13. The summed E-state index contributed by atoms with van der Waals surface area (Å²) in [7, 11) is 0. The standard InChI is InChI=1S/C17H20N2O3/c1-11-7-12(2)9-14(8-11)19-17(21)16(20)18-13(3)10-15-5-4-6-22-15/h4-9,13H,10H2,1-3H3,(H,18,20)(H,19,21). The van der Waals surface area contributed by atoms with Crippen LogP contribution in [0.5, 0.6) is 0 Å². The van der Waals surface area contributed by atoms with Crippen molar-refractivity contribution in [2.24, 2.45) is 0 Å². The summed E-state index contributed by atoms with van der Waals surface area (Å²) in [6, 6.07) is 9.08. The van der Waals surface area contributed by atoms with Crippen molar-refractivity contribution < 1.29 is 14.0 Å². The average Bonchev–Trinajstić information content (AvgIpc) is 2.89. The molecule has 0 spiro atoms. The van der Waals surface area contributed by atoms with Crippen LogP contribution in [0, 0.1) is 13.8 Å². The monoisotopic (exact) mass is 300 g/mol. The summed E-state index contributed by atoms with van der Waals surface area (Å²) in [5.41, 5.74) is 2.68. The van der Waals surface area contributed by atoms with E-state index in [9.17, 15) is 9.59 Å². The minimum atomic E-state index is -0.670. The van der Waals surface area contributed by atoms with E-state index in [1.54, 1.807) is 12.3 Å². The van der Waals surface area contributed by atoms with Crippen LogP contribution in [0.25, 0.3) is 0 Å². The Morgan fingerprint density at radius 3 is 2.41 bits per heavy atom. The molecule has 0 saturated carbocycles. The maximum Gasteiger partial charge on any atom is 0.313 e. The van der Waals surface area contributed by atoms with Crippen LogP contribution < -0.4 is 10.6 Å². The highest BCUT2D eigenvalue weighted by Gasteiger charge is 2.17. The van der Waals surface area contributed by atoms with Gasteiger partial charge in [-0.15, -0.1) is 0 Å². The molecule has 0 radical (unpaired) electrons. The first-order valence-corrected chi connectivity index (χ1v) is 7.16. The van der Waals surface area contributed by atoms with Gasteiger partial charge in [0.15, 0.2) is 0 Å². The first-order valence-electron chi connectivity index (χ1n) is 7.16. The molecular formula is C17H20N2O3. The SMILES string of the molecule is Cc1cc(C)cc(NC(=O)C(=O)NC(C)Cc2ccco2)c1. The van der Waals surface area contributed by atoms with Crippen LogP contribution in [0.1, 0.15) is 23.8 Å². The molecule has 5 heteroatoms. The fourth-order valence-corrected chi connectivity index (χ4v) is 2.31. The van der Waals surface area contributed by atoms with Gasteiger partial charge >= 0.3 is 11.8 Å². The zero-order valence-electron chi connectivity index (χ0n) is 13.0. The second-order valence-electron chi connectivity index (χ2n) is 5.49. The number of amides is 2. The molecular weight excluding hydrogens is 280 g/mol. The van der Waals surface area contributed by atoms with Crippen molar-refractivity contribution in [1.82, 2.24) is 5.32 Å². The Labute approximate surface area is 129 Å². The lowest BCUT2D eigenvalue weighted by Crippen LogP contribution is -2.41. The van der Waals surface area contributed by atoms with E-state index in [-0.39, 0.29) is 6.04 Å². The molecule has 5 nitrogen and oxygen atoms in total. The Kier molecular flexibility index (Phi) is 4.99. The van der Waals surface area contributed by atoms with Crippen molar-refractivity contribution in [2.75, 3.05) is 5.32 Å². The molecule has 2 N–H and O–H groups in total. The molecule has 2 rings (SSSR count). The predicted octanol–water partition coefficient (Wildman–Crippen LogP) is 2.58. The van der Waals surface area contributed by atoms with E-state index in [2.05, 4.69) is 10.6 Å². The summed E-state index contributed by atoms with van der Waals surface area (Å²) in [6.45, 7) is 5.70. The van der Waals surface area contributed by atoms with Gasteiger partial charge in [0.25, 0.3) is 0 Å². The number of benzene rings is 1. The van der Waals surface area contributed by atoms with Gasteiger partial charge in [0.2, 0.25) is 0 Å². The fraction of sp³-hybridized carbons (Fsp3) is 0.294. The minimum absolute atomic E-state index is 0.191. The second kappa shape index (κ2) is 6.93. The van der Waals surface area contributed by atoms with Crippen molar-refractivity contribution >= 4 is 17.5 Å². The molecule has 0 fully saturated rings. The quantitative estimate of drug-likeness (QED) is 0.853. The lowest BCUT2D eigenvalue weighted by atomic mass is 10.1. The Morgan fingerprint density at radius 1 is 1.14 bits per heavy atom. The highest BCUT2D eigenvalue weighted by atomic mass is 16.3. The maximum absolute atomic E-state index is 11.9. The largest absolute Gasteiger partial charge is 0.469 e. The number of aryl methyl sites for hydroxylation is 2. The molecule has 1 aromatic heterocycles. The summed E-state index contributed by atoms with van der Waals surface area (Å²) < 4.78 is 5.22. The zero-order chi connectivity index (χ0) is 16.1. The highest BCUT2D eigenvalue weighted by Crippen LogP contribution is 2.13. The van der Waals surface area contributed by atoms with Gasteiger partial charge in [-0.2, -0.15) is 0 Å². The highest BCUT2D eigenvalue weighted by molar-refractivity contribution is 6.39. The topological polar surface area (TPSA) is 71.3 Å². The van der Waals surface area contributed by atoms with Gasteiger partial charge in [0, 0.05) is 18.2 Å². The third-order valence-electron chi connectivity index (χ3n) is 3.15. The van der Waals surface area contributed by atoms with E-state index in [1.165, 1.54) is 0 Å². The van der Waals surface area contributed by atoms with Crippen molar-refractivity contribution in [3.05, 3.63) is 53.5 Å². The van der Waals surface area contributed by atoms with Gasteiger partial charge in [-0.25, -0.2) is 0 Å². The smallest absolute Gasteiger partial charge is 0.313 e. The first kappa shape index (κ1) is 15.8. The lowest BCUT2D eigenvalue weighted by molar-refractivity contribution is -0.136. The van der Waals surface area contributed by atoms with E-state index in [0.717, 1.165) is 16.9 Å². The summed E-state index contributed by atoms with van der Waals surface area (Å²) in [5, 5.41) is 5.27. The number of hydrogen-bond donors (Lipinski definition) is 2. The number of rotatable bonds is 4. The fourth-order valence-electron chi connectivity index (χ4n) is 2.31. The van der Waals surface area contributed by atoms with Gasteiger partial charge in [-0.1, -0.05) is 6.07 Å². The molecule has 1 atom stereocenters. The summed E-state index contributed by atoms with van der Waals surface area (Å²) in [5.74, 6) is -0.558. The molecule has 22 heavy (non-hydrogen) atoms. The minimum Gasteiger partial charge on any atom is -0.469 e. The van der Waals surface area contributed by atoms with Gasteiger partial charge in [-0.05, 0) is 56.2 Å². The predicted molar refractivity (Wildman–Crippen MR) is 84.6 cm³/mol. The van der Waals surface area contributed by atoms with Crippen LogP contribution in [-0.4, -0.2) is 17.9 Å². The summed E-state index contributed by atoms with van der Waals surface area (Å²) >= 11 is 0. The first-order chi connectivity index (χ1) is 10.4. The Balaban J connectivity index is 1.90. The van der Waals surface area contributed by atoms with E-state index in [4.69, 9.17) is 4.42 Å². The Bertz CT molecular complexity index is 642. The third kappa shape index (κ3) is 4.48. The molecule has 0 bridgehead atoms. The molecule has 1 unspecified atom stereocenters. The third-order valence-corrected chi connectivity index (χ3v) is 3.15. The number of hydrogen-bond acceptors (Lipinski definition) is 3. The van der Waals surface area contributed by atoms with Crippen LogP contribution in [0.4, 0.5) is 5.69 Å². The second-order valence-corrected chi connectivity index (χ2v) is 5.49. The van der Waals surface area contributed by atoms with Crippen molar-refractivity contribution in [1.29, 1.82) is 0 Å². The van der Waals surface area contributed by atoms with Crippen molar-refractivity contribution in [3.8, 4) is 0 Å². The van der Waals surface area contributed by atoms with E-state index in [0.29, 0.717) is 12.1 Å². The molecule has 1 heterocycles. The number of anilines is 1. The van der Waals surface area contributed by atoms with Gasteiger partial charge in [0.1, 0.15) is 5.76 Å². The van der Waals surface area contributed by atoms with E-state index in [1.807, 2.05) is 45.0 Å². The molecule has 0 aliphatic rings. The average molecular weight is 300 g/mol. The van der Waals surface area contributed by atoms with E-state index < -0.39 is 11.8 Å². The van der Waals surface area contributed by atoms with Crippen LogP contribution in [0.2, 0.25) is 0 Å². The molecule has 2 aromatic rings. The van der Waals surface area contributed by atoms with Crippen LogP contribution in [0.3, 0.4) is 0 Å². The van der Waals surface area contributed by atoms with Gasteiger partial charge in [-0.3, -0.25) is 9.59 Å². The summed E-state index contributed by atoms with van der Waals surface area (Å²) in [6.07, 6.45) is 2.12. The van der Waals surface area contributed by atoms with Gasteiger partial charge < -0.3 is 15.1 Å². The number of furan rings is 1. The number of carbonyl (C=O) groups is 2. The number of nitrogens with one attached hydrogen (secondary N) is 2. The maximum atomic E-state index is 11.9. The normalized spacial score (nSPS) is 11.8. The van der Waals surface area contributed by atoms with Crippen LogP contribution >= 0.6 is 0 Å². The molecule has 1 aromatic carbocycles. The van der Waals surface area contributed by atoms with Crippen molar-refractivity contribution in [3.63, 3.8) is 0 Å². The molecule has 116 valence electrons. The Morgan fingerprint density at radius 2 is 1.82 bits per heavy atom. The Hall–Kier alpha value is -2.56. The van der Waals surface area contributed by atoms with Crippen LogP contribution in [0.15, 0.2) is 41.0 Å². The van der Waals surface area contributed by atoms with Crippen molar-refractivity contribution in [2.45, 2.75) is 33.2 Å². The van der Waals surface area contributed by atoms with E-state index >= 15 is 0 Å². The number of carbonyl (C=O) groups excluding carboxylic acids is 2. The molecule has 2 amide bonds. The molecule has 0 aliphatic carbocycles. The van der Waals surface area contributed by atoms with Gasteiger partial charge in [0.05, 0.1) is 6.26 Å². The zero-order valence-corrected chi connectivity index (χ0v) is 13.0. The molecule has 0 aliphatic heterocycles.